The second-order valence-corrected chi connectivity index (χ2v) is 5.28. The van der Waals surface area contributed by atoms with Crippen LogP contribution in [0.2, 0.25) is 0 Å². The molecule has 1 aromatic carbocycles. The highest BCUT2D eigenvalue weighted by Gasteiger charge is 2.17. The molecule has 0 fully saturated rings. The smallest absolute Gasteiger partial charge is 0.195 e. The van der Waals surface area contributed by atoms with Crippen LogP contribution in [0.25, 0.3) is 11.4 Å². The molecule has 5 nitrogen and oxygen atoms in total. The lowest BCUT2D eigenvalue weighted by molar-refractivity contribution is 0.355. The van der Waals surface area contributed by atoms with Gasteiger partial charge in [-0.05, 0) is 30.3 Å². The van der Waals surface area contributed by atoms with Crippen LogP contribution < -0.4 is 9.47 Å². The molecule has 0 saturated carbocycles. The fraction of sp³-hybridized carbons (Fsp3) is 0.429. The molecular weight excluding hydrogens is 274 g/mol. The molecule has 0 atom stereocenters. The van der Waals surface area contributed by atoms with E-state index >= 15 is 0 Å². The maximum absolute atomic E-state index is 5.46. The van der Waals surface area contributed by atoms with Crippen molar-refractivity contribution in [2.45, 2.75) is 20.4 Å². The quantitative estimate of drug-likeness (QED) is 0.860. The van der Waals surface area contributed by atoms with E-state index in [4.69, 9.17) is 21.7 Å². The Hall–Kier alpha value is -1.82. The van der Waals surface area contributed by atoms with Gasteiger partial charge in [0.05, 0.1) is 19.8 Å². The van der Waals surface area contributed by atoms with Crippen LogP contribution in [-0.4, -0.2) is 29.0 Å². The zero-order valence-corrected chi connectivity index (χ0v) is 13.0. The van der Waals surface area contributed by atoms with Crippen LogP contribution in [0.15, 0.2) is 18.2 Å². The van der Waals surface area contributed by atoms with E-state index in [1.54, 1.807) is 14.2 Å². The van der Waals surface area contributed by atoms with E-state index in [0.717, 1.165) is 17.9 Å². The normalized spacial score (nSPS) is 10.8. The highest BCUT2D eigenvalue weighted by Crippen LogP contribution is 2.37. The Bertz CT molecular complexity index is 646. The second kappa shape index (κ2) is 6.09. The standard InChI is InChI=1S/C14H19N3O2S/c1-9(2)8-17-13(15-16-14(17)20)10-6-5-7-11(18-3)12(10)19-4/h5-7,9H,8H2,1-4H3,(H,16,20). The summed E-state index contributed by atoms with van der Waals surface area (Å²) >= 11 is 5.30. The Balaban J connectivity index is 2.60. The second-order valence-electron chi connectivity index (χ2n) is 4.90. The summed E-state index contributed by atoms with van der Waals surface area (Å²) in [5, 5.41) is 7.18. The van der Waals surface area contributed by atoms with Crippen molar-refractivity contribution < 1.29 is 9.47 Å². The number of para-hydroxylation sites is 1. The van der Waals surface area contributed by atoms with Crippen LogP contribution in [0.4, 0.5) is 0 Å². The lowest BCUT2D eigenvalue weighted by Gasteiger charge is -2.14. The van der Waals surface area contributed by atoms with Gasteiger partial charge < -0.3 is 9.47 Å². The summed E-state index contributed by atoms with van der Waals surface area (Å²) in [6, 6.07) is 5.72. The number of H-pyrrole nitrogens is 1. The van der Waals surface area contributed by atoms with Crippen LogP contribution in [-0.2, 0) is 6.54 Å². The summed E-state index contributed by atoms with van der Waals surface area (Å²) in [6.07, 6.45) is 0. The van der Waals surface area contributed by atoms with Crippen LogP contribution in [0.1, 0.15) is 13.8 Å². The third kappa shape index (κ3) is 2.70. The molecule has 108 valence electrons. The van der Waals surface area contributed by atoms with Crippen molar-refractivity contribution in [2.75, 3.05) is 14.2 Å². The third-order valence-electron chi connectivity index (χ3n) is 2.95. The van der Waals surface area contributed by atoms with E-state index < -0.39 is 0 Å². The van der Waals surface area contributed by atoms with Gasteiger partial charge in [0.15, 0.2) is 22.1 Å². The molecular formula is C14H19N3O2S. The van der Waals surface area contributed by atoms with Crippen LogP contribution in [0.5, 0.6) is 11.5 Å². The first-order valence-electron chi connectivity index (χ1n) is 6.45. The predicted octanol–water partition coefficient (Wildman–Crippen LogP) is 3.28. The Labute approximate surface area is 123 Å². The summed E-state index contributed by atoms with van der Waals surface area (Å²) < 4.78 is 13.4. The van der Waals surface area contributed by atoms with E-state index in [1.807, 2.05) is 22.8 Å². The molecule has 1 N–H and O–H groups in total. The van der Waals surface area contributed by atoms with Crippen molar-refractivity contribution >= 4 is 12.2 Å². The van der Waals surface area contributed by atoms with Crippen molar-refractivity contribution in [2.24, 2.45) is 5.92 Å². The molecule has 0 saturated heterocycles. The maximum Gasteiger partial charge on any atom is 0.195 e. The molecule has 0 unspecified atom stereocenters. The Morgan fingerprint density at radius 1 is 1.30 bits per heavy atom. The number of methoxy groups -OCH3 is 2. The van der Waals surface area contributed by atoms with Gasteiger partial charge >= 0.3 is 0 Å². The predicted molar refractivity (Wildman–Crippen MR) is 80.8 cm³/mol. The summed E-state index contributed by atoms with van der Waals surface area (Å²) in [5.41, 5.74) is 0.861. The van der Waals surface area contributed by atoms with E-state index in [2.05, 4.69) is 24.0 Å². The van der Waals surface area contributed by atoms with E-state index in [1.165, 1.54) is 0 Å². The van der Waals surface area contributed by atoms with Crippen molar-refractivity contribution in [3.05, 3.63) is 23.0 Å². The lowest BCUT2D eigenvalue weighted by Crippen LogP contribution is -2.07. The van der Waals surface area contributed by atoms with Gasteiger partial charge in [0.2, 0.25) is 0 Å². The highest BCUT2D eigenvalue weighted by molar-refractivity contribution is 7.71. The molecule has 2 rings (SSSR count). The van der Waals surface area contributed by atoms with Gasteiger partial charge in [-0.1, -0.05) is 19.9 Å². The topological polar surface area (TPSA) is 52.1 Å². The minimum Gasteiger partial charge on any atom is -0.493 e. The fourth-order valence-corrected chi connectivity index (χ4v) is 2.33. The molecule has 0 aliphatic rings. The van der Waals surface area contributed by atoms with Crippen molar-refractivity contribution in [3.63, 3.8) is 0 Å². The number of ether oxygens (including phenoxy) is 2. The number of aromatic nitrogens is 3. The number of hydrogen-bond donors (Lipinski definition) is 1. The van der Waals surface area contributed by atoms with Gasteiger partial charge in [-0.3, -0.25) is 9.67 Å². The van der Waals surface area contributed by atoms with E-state index in [-0.39, 0.29) is 0 Å². The highest BCUT2D eigenvalue weighted by atomic mass is 32.1. The minimum absolute atomic E-state index is 0.467. The van der Waals surface area contributed by atoms with Gasteiger partial charge in [0.1, 0.15) is 0 Å². The zero-order valence-electron chi connectivity index (χ0n) is 12.1. The first kappa shape index (κ1) is 14.6. The Morgan fingerprint density at radius 3 is 2.65 bits per heavy atom. The number of hydrogen-bond acceptors (Lipinski definition) is 4. The molecule has 1 aromatic heterocycles. The fourth-order valence-electron chi connectivity index (χ4n) is 2.12. The summed E-state index contributed by atoms with van der Waals surface area (Å²) in [4.78, 5) is 0. The zero-order chi connectivity index (χ0) is 14.7. The first-order chi connectivity index (χ1) is 9.58. The van der Waals surface area contributed by atoms with Crippen LogP contribution in [0, 0.1) is 10.7 Å². The SMILES string of the molecule is COc1cccc(-c2n[nH]c(=S)n2CC(C)C)c1OC. The Morgan fingerprint density at radius 2 is 2.05 bits per heavy atom. The number of nitrogens with zero attached hydrogens (tertiary/aromatic N) is 2. The molecule has 20 heavy (non-hydrogen) atoms. The summed E-state index contributed by atoms with van der Waals surface area (Å²) in [7, 11) is 3.24. The molecule has 2 aromatic rings. The molecule has 0 radical (unpaired) electrons. The minimum atomic E-state index is 0.467. The molecule has 0 amide bonds. The third-order valence-corrected chi connectivity index (χ3v) is 3.26. The van der Waals surface area contributed by atoms with Gasteiger partial charge in [-0.25, -0.2) is 0 Å². The van der Waals surface area contributed by atoms with Crippen molar-refractivity contribution in [1.29, 1.82) is 0 Å². The van der Waals surface area contributed by atoms with Gasteiger partial charge in [0, 0.05) is 6.54 Å². The number of benzene rings is 1. The largest absolute Gasteiger partial charge is 0.493 e. The summed E-state index contributed by atoms with van der Waals surface area (Å²) in [6.45, 7) is 5.08. The van der Waals surface area contributed by atoms with Crippen molar-refractivity contribution in [3.8, 4) is 22.9 Å². The number of nitrogens with one attached hydrogen (secondary N) is 1. The molecule has 0 bridgehead atoms. The van der Waals surface area contributed by atoms with Crippen LogP contribution >= 0.6 is 12.2 Å². The monoisotopic (exact) mass is 293 g/mol. The van der Waals surface area contributed by atoms with E-state index in [0.29, 0.717) is 22.2 Å². The average molecular weight is 293 g/mol. The average Bonchev–Trinajstić information content (AvgIpc) is 2.78. The maximum atomic E-state index is 5.46. The van der Waals surface area contributed by atoms with Gasteiger partial charge in [-0.15, -0.1) is 0 Å². The number of rotatable bonds is 5. The van der Waals surface area contributed by atoms with Gasteiger partial charge in [-0.2, -0.15) is 5.10 Å². The van der Waals surface area contributed by atoms with E-state index in [9.17, 15) is 0 Å². The molecule has 1 heterocycles. The van der Waals surface area contributed by atoms with Crippen molar-refractivity contribution in [1.82, 2.24) is 14.8 Å². The molecule has 0 aliphatic heterocycles. The molecule has 0 aliphatic carbocycles. The first-order valence-corrected chi connectivity index (χ1v) is 6.85. The molecule has 6 heteroatoms. The lowest BCUT2D eigenvalue weighted by atomic mass is 10.1. The van der Waals surface area contributed by atoms with Crippen LogP contribution in [0.3, 0.4) is 0 Å². The number of aromatic amines is 1. The Kier molecular flexibility index (Phi) is 4.44. The van der Waals surface area contributed by atoms with Gasteiger partial charge in [0.25, 0.3) is 0 Å². The molecule has 0 spiro atoms. The summed E-state index contributed by atoms with van der Waals surface area (Å²) in [5.74, 6) is 2.57.